The first-order chi connectivity index (χ1) is 38.0. The Hall–Kier alpha value is -9.62. The standard InChI is InChI=1S/C72H54N4O2/c1-43(2)51-21-13-23-55-57-25-15-31-65(69(57)77-67(51)55)75(47-19-11-17-45(37-47)41-73)49-33-35-53-54-36-34-50(40-64(54)72(63(53)39-49)61-29-9-7-27-59(61)71(5,6)60-28-8-10-30-62(60)72)76(48-20-12-18-46(38-48)42-74)66-32-16-26-58-56-24-14-22-52(44(3)4)68(56)78-70(58)66/h7-40,43-44H,1-6H3. The summed E-state index contributed by atoms with van der Waals surface area (Å²) in [6, 6.07) is 78.2. The largest absolute Gasteiger partial charge is 0.454 e. The Morgan fingerprint density at radius 2 is 0.744 bits per heavy atom. The molecule has 2 aromatic heterocycles. The lowest BCUT2D eigenvalue weighted by molar-refractivity contribution is 0.563. The summed E-state index contributed by atoms with van der Waals surface area (Å²) in [5.41, 5.74) is 20.5. The van der Waals surface area contributed by atoms with Crippen LogP contribution in [0.2, 0.25) is 0 Å². The third kappa shape index (κ3) is 6.66. The molecular formula is C72H54N4O2. The number of nitriles is 2. The van der Waals surface area contributed by atoms with Gasteiger partial charge in [-0.2, -0.15) is 10.5 Å². The van der Waals surface area contributed by atoms with Crippen molar-refractivity contribution in [1.29, 1.82) is 10.5 Å². The molecule has 14 rings (SSSR count). The highest BCUT2D eigenvalue weighted by molar-refractivity contribution is 6.13. The Morgan fingerprint density at radius 1 is 0.372 bits per heavy atom. The average molecular weight is 1010 g/mol. The smallest absolute Gasteiger partial charge is 0.159 e. The Kier molecular flexibility index (Phi) is 10.5. The lowest BCUT2D eigenvalue weighted by atomic mass is 9.55. The van der Waals surface area contributed by atoms with E-state index in [2.05, 4.69) is 233 Å². The molecule has 2 heterocycles. The van der Waals surface area contributed by atoms with Crippen LogP contribution in [0.1, 0.15) is 109 Å². The first-order valence-electron chi connectivity index (χ1n) is 27.0. The Bertz CT molecular complexity index is 4270. The van der Waals surface area contributed by atoms with Gasteiger partial charge in [0.25, 0.3) is 0 Å². The van der Waals surface area contributed by atoms with Gasteiger partial charge in [-0.25, -0.2) is 0 Å². The van der Waals surface area contributed by atoms with Crippen LogP contribution in [0.3, 0.4) is 0 Å². The molecule has 12 aromatic rings. The van der Waals surface area contributed by atoms with Crippen molar-refractivity contribution < 1.29 is 8.83 Å². The van der Waals surface area contributed by atoms with E-state index in [9.17, 15) is 10.5 Å². The third-order valence-electron chi connectivity index (χ3n) is 16.9. The number of fused-ring (bicyclic) bond motifs is 15. The summed E-state index contributed by atoms with van der Waals surface area (Å²) in [4.78, 5) is 4.55. The molecule has 2 aliphatic rings. The molecule has 0 saturated heterocycles. The summed E-state index contributed by atoms with van der Waals surface area (Å²) < 4.78 is 14.1. The van der Waals surface area contributed by atoms with Crippen LogP contribution in [0, 0.1) is 22.7 Å². The van der Waals surface area contributed by atoms with Gasteiger partial charge in [0.2, 0.25) is 0 Å². The molecule has 0 unspecified atom stereocenters. The van der Waals surface area contributed by atoms with Crippen molar-refractivity contribution in [2.45, 2.75) is 64.2 Å². The number of nitrogens with zero attached hydrogens (tertiary/aromatic N) is 4. The molecule has 6 heteroatoms. The quantitative estimate of drug-likeness (QED) is 0.151. The first kappa shape index (κ1) is 46.9. The highest BCUT2D eigenvalue weighted by Crippen LogP contribution is 2.64. The molecule has 0 radical (unpaired) electrons. The van der Waals surface area contributed by atoms with Gasteiger partial charge in [-0.3, -0.25) is 0 Å². The second kappa shape index (κ2) is 17.5. The van der Waals surface area contributed by atoms with Gasteiger partial charge in [-0.1, -0.05) is 175 Å². The zero-order chi connectivity index (χ0) is 53.2. The van der Waals surface area contributed by atoms with E-state index in [1.54, 1.807) is 0 Å². The first-order valence-corrected chi connectivity index (χ1v) is 27.0. The fraction of sp³-hybridized carbons (Fsp3) is 0.139. The SMILES string of the molecule is CC(C)c1cccc2c1oc1c(N(c3cccc(C#N)c3)c3ccc4c(c3)C3(c5cc(N(c6cccc(C#N)c6)c6cccc7c6oc6c(C(C)C)cccc67)ccc5-4)c4ccccc4C(C)(C)c4ccccc43)cccc12. The Morgan fingerprint density at radius 3 is 1.15 bits per heavy atom. The molecule has 0 fully saturated rings. The predicted octanol–water partition coefficient (Wildman–Crippen LogP) is 19.4. The Balaban J connectivity index is 1.06. The van der Waals surface area contributed by atoms with Crippen LogP contribution < -0.4 is 9.80 Å². The van der Waals surface area contributed by atoms with Crippen LogP contribution in [0.15, 0.2) is 215 Å². The molecule has 10 aromatic carbocycles. The topological polar surface area (TPSA) is 80.3 Å². The molecule has 0 atom stereocenters. The number of rotatable bonds is 8. The number of para-hydroxylation sites is 4. The molecule has 0 saturated carbocycles. The zero-order valence-corrected chi connectivity index (χ0v) is 44.4. The number of anilines is 6. The molecule has 0 N–H and O–H groups in total. The minimum atomic E-state index is -0.811. The van der Waals surface area contributed by atoms with Gasteiger partial charge in [0.05, 0.1) is 40.1 Å². The van der Waals surface area contributed by atoms with Gasteiger partial charge in [0.15, 0.2) is 11.2 Å². The van der Waals surface area contributed by atoms with E-state index < -0.39 is 5.41 Å². The van der Waals surface area contributed by atoms with E-state index in [0.717, 1.165) is 111 Å². The summed E-state index contributed by atoms with van der Waals surface area (Å²) in [6.45, 7) is 13.5. The van der Waals surface area contributed by atoms with Crippen molar-refractivity contribution in [3.8, 4) is 23.3 Å². The molecule has 0 aliphatic heterocycles. The van der Waals surface area contributed by atoms with E-state index in [4.69, 9.17) is 8.83 Å². The lowest BCUT2D eigenvalue weighted by Crippen LogP contribution is -2.40. The maximum Gasteiger partial charge on any atom is 0.159 e. The van der Waals surface area contributed by atoms with Crippen molar-refractivity contribution in [3.63, 3.8) is 0 Å². The van der Waals surface area contributed by atoms with Gasteiger partial charge < -0.3 is 18.6 Å². The molecular weight excluding hydrogens is 953 g/mol. The predicted molar refractivity (Wildman–Crippen MR) is 317 cm³/mol. The van der Waals surface area contributed by atoms with E-state index >= 15 is 0 Å². The summed E-state index contributed by atoms with van der Waals surface area (Å²) >= 11 is 0. The third-order valence-corrected chi connectivity index (χ3v) is 16.9. The number of furan rings is 2. The number of benzene rings is 10. The zero-order valence-electron chi connectivity index (χ0n) is 44.4. The van der Waals surface area contributed by atoms with Gasteiger partial charge in [-0.05, 0) is 140 Å². The Labute approximate surface area is 454 Å². The fourth-order valence-electron chi connectivity index (χ4n) is 13.4. The number of hydrogen-bond donors (Lipinski definition) is 0. The monoisotopic (exact) mass is 1010 g/mol. The molecule has 6 nitrogen and oxygen atoms in total. The summed E-state index contributed by atoms with van der Waals surface area (Å²) in [7, 11) is 0. The van der Waals surface area contributed by atoms with Crippen LogP contribution in [0.5, 0.6) is 0 Å². The molecule has 0 amide bonds. The van der Waals surface area contributed by atoms with Gasteiger partial charge in [-0.15, -0.1) is 0 Å². The average Bonchev–Trinajstić information content (AvgIpc) is 3.42. The van der Waals surface area contributed by atoms with Crippen LogP contribution >= 0.6 is 0 Å². The minimum absolute atomic E-state index is 0.258. The molecule has 2 aliphatic carbocycles. The number of hydrogen-bond acceptors (Lipinski definition) is 6. The van der Waals surface area contributed by atoms with Crippen LogP contribution in [-0.4, -0.2) is 0 Å². The van der Waals surface area contributed by atoms with Crippen LogP contribution in [0.4, 0.5) is 34.1 Å². The van der Waals surface area contributed by atoms with Crippen molar-refractivity contribution in [3.05, 3.63) is 262 Å². The van der Waals surface area contributed by atoms with E-state index in [1.165, 1.54) is 22.3 Å². The van der Waals surface area contributed by atoms with Crippen molar-refractivity contribution in [2.24, 2.45) is 0 Å². The highest BCUT2D eigenvalue weighted by atomic mass is 16.3. The molecule has 1 spiro atoms. The second-order valence-corrected chi connectivity index (χ2v) is 22.2. The summed E-state index contributed by atoms with van der Waals surface area (Å²) in [5.74, 6) is 0.517. The van der Waals surface area contributed by atoms with E-state index in [0.29, 0.717) is 11.1 Å². The van der Waals surface area contributed by atoms with Crippen molar-refractivity contribution in [2.75, 3.05) is 9.80 Å². The van der Waals surface area contributed by atoms with Crippen LogP contribution in [0.25, 0.3) is 55.0 Å². The summed E-state index contributed by atoms with van der Waals surface area (Å²) in [6.07, 6.45) is 0. The molecule has 78 heavy (non-hydrogen) atoms. The van der Waals surface area contributed by atoms with Gasteiger partial charge in [0.1, 0.15) is 11.2 Å². The molecule has 374 valence electrons. The van der Waals surface area contributed by atoms with Gasteiger partial charge in [0, 0.05) is 49.7 Å². The van der Waals surface area contributed by atoms with Crippen molar-refractivity contribution in [1.82, 2.24) is 0 Å². The maximum atomic E-state index is 10.4. The molecule has 0 bridgehead atoms. The van der Waals surface area contributed by atoms with Gasteiger partial charge >= 0.3 is 0 Å². The maximum absolute atomic E-state index is 10.4. The summed E-state index contributed by atoms with van der Waals surface area (Å²) in [5, 5.41) is 25.0. The van der Waals surface area contributed by atoms with E-state index in [-0.39, 0.29) is 17.3 Å². The highest BCUT2D eigenvalue weighted by Gasteiger charge is 2.54. The van der Waals surface area contributed by atoms with Crippen LogP contribution in [-0.2, 0) is 10.8 Å². The second-order valence-electron chi connectivity index (χ2n) is 22.2. The normalized spacial score (nSPS) is 13.7. The van der Waals surface area contributed by atoms with Crippen molar-refractivity contribution >= 4 is 78.0 Å². The minimum Gasteiger partial charge on any atom is -0.454 e. The van der Waals surface area contributed by atoms with E-state index in [1.807, 2.05) is 36.4 Å². The fourth-order valence-corrected chi connectivity index (χ4v) is 13.4. The lowest BCUT2D eigenvalue weighted by Gasteiger charge is -2.47.